The van der Waals surface area contributed by atoms with E-state index in [4.69, 9.17) is 16.7 Å². The molecule has 1 aliphatic rings. The van der Waals surface area contributed by atoms with Crippen LogP contribution in [0.15, 0.2) is 18.2 Å². The lowest BCUT2D eigenvalue weighted by atomic mass is 10.2. The van der Waals surface area contributed by atoms with Gasteiger partial charge in [-0.1, -0.05) is 11.6 Å². The second-order valence-electron chi connectivity index (χ2n) is 4.94. The van der Waals surface area contributed by atoms with Crippen molar-refractivity contribution in [3.63, 3.8) is 0 Å². The van der Waals surface area contributed by atoms with E-state index in [0.29, 0.717) is 10.1 Å². The van der Waals surface area contributed by atoms with Crippen molar-refractivity contribution >= 4 is 44.9 Å². The molecule has 0 radical (unpaired) electrons. The second-order valence-corrected chi connectivity index (χ2v) is 6.37. The lowest BCUT2D eigenvalue weighted by Gasteiger charge is -2.19. The lowest BCUT2D eigenvalue weighted by molar-refractivity contribution is -0.137. The van der Waals surface area contributed by atoms with Crippen LogP contribution in [0.4, 0.5) is 4.39 Å². The monoisotopic (exact) mass is 327 g/mol. The summed E-state index contributed by atoms with van der Waals surface area (Å²) in [6.45, 7) is -0.345. The highest BCUT2D eigenvalue weighted by Crippen LogP contribution is 2.38. The minimum atomic E-state index is -1.06. The van der Waals surface area contributed by atoms with E-state index in [2.05, 4.69) is 0 Å². The van der Waals surface area contributed by atoms with Crippen LogP contribution in [0, 0.1) is 5.82 Å². The first kappa shape index (κ1) is 14.3. The van der Waals surface area contributed by atoms with Crippen molar-refractivity contribution < 1.29 is 19.1 Å². The highest BCUT2D eigenvalue weighted by atomic mass is 35.5. The molecule has 0 bridgehead atoms. The van der Waals surface area contributed by atoms with Gasteiger partial charge in [0, 0.05) is 16.1 Å². The maximum Gasteiger partial charge on any atom is 0.323 e. The van der Waals surface area contributed by atoms with Gasteiger partial charge in [-0.2, -0.15) is 0 Å². The smallest absolute Gasteiger partial charge is 0.323 e. The fraction of sp³-hybridized carbons (Fsp3) is 0.286. The van der Waals surface area contributed by atoms with Crippen LogP contribution in [0.3, 0.4) is 0 Å². The first-order chi connectivity index (χ1) is 9.97. The van der Waals surface area contributed by atoms with Crippen molar-refractivity contribution in [3.8, 4) is 0 Å². The molecule has 1 saturated carbocycles. The molecule has 1 aliphatic carbocycles. The van der Waals surface area contributed by atoms with Crippen LogP contribution in [0.25, 0.3) is 10.1 Å². The number of carbonyl (C=O) groups excluding carboxylic acids is 1. The van der Waals surface area contributed by atoms with Crippen LogP contribution in [-0.2, 0) is 4.79 Å². The van der Waals surface area contributed by atoms with Crippen LogP contribution < -0.4 is 0 Å². The number of carbonyl (C=O) groups is 2. The predicted molar refractivity (Wildman–Crippen MR) is 78.5 cm³/mol. The van der Waals surface area contributed by atoms with Crippen molar-refractivity contribution in [3.05, 3.63) is 33.9 Å². The van der Waals surface area contributed by atoms with E-state index in [0.717, 1.165) is 24.2 Å². The predicted octanol–water partition coefficient (Wildman–Crippen LogP) is 3.38. The standard InChI is InChI=1S/C14H11ClFNO3S/c15-12-9-4-1-7(16)5-10(9)21-13(12)14(20)17(6-11(18)19)8-2-3-8/h1,4-5,8H,2-3,6H2,(H,18,19). The summed E-state index contributed by atoms with van der Waals surface area (Å²) in [6, 6.07) is 4.09. The van der Waals surface area contributed by atoms with Crippen LogP contribution in [0.5, 0.6) is 0 Å². The van der Waals surface area contributed by atoms with E-state index in [-0.39, 0.29) is 22.5 Å². The Morgan fingerprint density at radius 1 is 1.43 bits per heavy atom. The number of nitrogens with zero attached hydrogens (tertiary/aromatic N) is 1. The zero-order valence-corrected chi connectivity index (χ0v) is 12.4. The van der Waals surface area contributed by atoms with Gasteiger partial charge in [0.25, 0.3) is 5.91 Å². The van der Waals surface area contributed by atoms with E-state index < -0.39 is 17.7 Å². The Kier molecular flexibility index (Phi) is 3.59. The van der Waals surface area contributed by atoms with Crippen LogP contribution in [0.1, 0.15) is 22.5 Å². The Balaban J connectivity index is 2.00. The molecule has 4 nitrogen and oxygen atoms in total. The third kappa shape index (κ3) is 2.73. The number of rotatable bonds is 4. The summed E-state index contributed by atoms with van der Waals surface area (Å²) < 4.78 is 13.8. The highest BCUT2D eigenvalue weighted by molar-refractivity contribution is 7.21. The number of halogens is 2. The van der Waals surface area contributed by atoms with Crippen LogP contribution in [0.2, 0.25) is 5.02 Å². The van der Waals surface area contributed by atoms with Gasteiger partial charge in [-0.3, -0.25) is 9.59 Å². The third-order valence-electron chi connectivity index (χ3n) is 3.34. The molecule has 0 unspecified atom stereocenters. The summed E-state index contributed by atoms with van der Waals surface area (Å²) in [7, 11) is 0. The molecule has 1 aromatic carbocycles. The van der Waals surface area contributed by atoms with Gasteiger partial charge in [0.2, 0.25) is 0 Å². The largest absolute Gasteiger partial charge is 0.480 e. The maximum atomic E-state index is 13.2. The number of benzene rings is 1. The number of carboxylic acids is 1. The number of aliphatic carboxylic acids is 1. The van der Waals surface area contributed by atoms with E-state index >= 15 is 0 Å². The average molecular weight is 328 g/mol. The summed E-state index contributed by atoms with van der Waals surface area (Å²) in [6.07, 6.45) is 1.60. The molecule has 1 fully saturated rings. The van der Waals surface area contributed by atoms with Crippen LogP contribution in [-0.4, -0.2) is 34.5 Å². The number of fused-ring (bicyclic) bond motifs is 1. The number of hydrogen-bond donors (Lipinski definition) is 1. The molecular weight excluding hydrogens is 317 g/mol. The molecule has 0 aliphatic heterocycles. The highest BCUT2D eigenvalue weighted by Gasteiger charge is 2.36. The minimum absolute atomic E-state index is 0.0355. The summed E-state index contributed by atoms with van der Waals surface area (Å²) in [4.78, 5) is 25.0. The Morgan fingerprint density at radius 2 is 2.14 bits per heavy atom. The third-order valence-corrected chi connectivity index (χ3v) is 4.99. The molecular formula is C14H11ClFNO3S. The van der Waals surface area contributed by atoms with E-state index in [1.165, 1.54) is 23.1 Å². The molecule has 3 rings (SSSR count). The summed E-state index contributed by atoms with van der Waals surface area (Å²) in [5.74, 6) is -1.85. The Hall–Kier alpha value is -1.66. The molecule has 7 heteroatoms. The fourth-order valence-electron chi connectivity index (χ4n) is 2.21. The number of thiophene rings is 1. The van der Waals surface area contributed by atoms with E-state index in [9.17, 15) is 14.0 Å². The molecule has 2 aromatic rings. The molecule has 1 N–H and O–H groups in total. The number of amides is 1. The van der Waals surface area contributed by atoms with E-state index in [1.54, 1.807) is 0 Å². The van der Waals surface area contributed by atoms with Crippen molar-refractivity contribution in [2.24, 2.45) is 0 Å². The van der Waals surface area contributed by atoms with Crippen molar-refractivity contribution in [1.82, 2.24) is 4.90 Å². The fourth-order valence-corrected chi connectivity index (χ4v) is 3.70. The zero-order chi connectivity index (χ0) is 15.1. The second kappa shape index (κ2) is 5.27. The molecule has 0 spiro atoms. The molecule has 21 heavy (non-hydrogen) atoms. The van der Waals surface area contributed by atoms with Gasteiger partial charge in [-0.05, 0) is 31.0 Å². The summed E-state index contributed by atoms with van der Waals surface area (Å²) in [5, 5.41) is 9.80. The molecule has 1 aromatic heterocycles. The molecule has 1 heterocycles. The van der Waals surface area contributed by atoms with Crippen molar-refractivity contribution in [2.75, 3.05) is 6.54 Å². The molecule has 110 valence electrons. The lowest BCUT2D eigenvalue weighted by Crippen LogP contribution is -2.37. The van der Waals surface area contributed by atoms with E-state index in [1.807, 2.05) is 0 Å². The van der Waals surface area contributed by atoms with Gasteiger partial charge in [0.05, 0.1) is 5.02 Å². The summed E-state index contributed by atoms with van der Waals surface area (Å²) in [5.41, 5.74) is 0. The SMILES string of the molecule is O=C(O)CN(C(=O)c1sc2cc(F)ccc2c1Cl)C1CC1. The van der Waals surface area contributed by atoms with Gasteiger partial charge >= 0.3 is 5.97 Å². The van der Waals surface area contributed by atoms with Gasteiger partial charge in [0.1, 0.15) is 17.2 Å². The van der Waals surface area contributed by atoms with Gasteiger partial charge in [0.15, 0.2) is 0 Å². The Morgan fingerprint density at radius 3 is 2.76 bits per heavy atom. The number of carboxylic acid groups (broad SMARTS) is 1. The first-order valence-electron chi connectivity index (χ1n) is 6.37. The molecule has 1 amide bonds. The quantitative estimate of drug-likeness (QED) is 0.936. The Labute approximate surface area is 128 Å². The minimum Gasteiger partial charge on any atom is -0.480 e. The summed E-state index contributed by atoms with van der Waals surface area (Å²) >= 11 is 7.29. The normalized spacial score (nSPS) is 14.4. The topological polar surface area (TPSA) is 57.6 Å². The molecule has 0 atom stereocenters. The zero-order valence-electron chi connectivity index (χ0n) is 10.8. The molecule has 0 saturated heterocycles. The van der Waals surface area contributed by atoms with Crippen molar-refractivity contribution in [2.45, 2.75) is 18.9 Å². The van der Waals surface area contributed by atoms with Crippen LogP contribution >= 0.6 is 22.9 Å². The maximum absolute atomic E-state index is 13.2. The average Bonchev–Trinajstić information content (AvgIpc) is 3.20. The Bertz CT molecular complexity index is 741. The van der Waals surface area contributed by atoms with Gasteiger partial charge < -0.3 is 10.0 Å². The van der Waals surface area contributed by atoms with Gasteiger partial charge in [-0.15, -0.1) is 11.3 Å². The number of hydrogen-bond acceptors (Lipinski definition) is 3. The van der Waals surface area contributed by atoms with Gasteiger partial charge in [-0.25, -0.2) is 4.39 Å². The first-order valence-corrected chi connectivity index (χ1v) is 7.57. The van der Waals surface area contributed by atoms with Crippen molar-refractivity contribution in [1.29, 1.82) is 0 Å².